The lowest BCUT2D eigenvalue weighted by Crippen LogP contribution is -2.07. The van der Waals surface area contributed by atoms with Crippen molar-refractivity contribution in [3.63, 3.8) is 0 Å². The molecule has 1 aromatic heterocycles. The molecule has 0 radical (unpaired) electrons. The molecule has 0 fully saturated rings. The van der Waals surface area contributed by atoms with Crippen molar-refractivity contribution in [1.29, 1.82) is 0 Å². The fourth-order valence-electron chi connectivity index (χ4n) is 1.33. The summed E-state index contributed by atoms with van der Waals surface area (Å²) in [6.45, 7) is 5.93. The van der Waals surface area contributed by atoms with Gasteiger partial charge in [-0.05, 0) is 36.2 Å². The van der Waals surface area contributed by atoms with Gasteiger partial charge in [-0.25, -0.2) is 4.79 Å². The highest BCUT2D eigenvalue weighted by Gasteiger charge is 2.20. The molecule has 1 rings (SSSR count). The molecule has 0 saturated heterocycles. The van der Waals surface area contributed by atoms with Crippen LogP contribution in [0.4, 0.5) is 0 Å². The Bertz CT molecular complexity index is 358. The summed E-state index contributed by atoms with van der Waals surface area (Å²) in [5.41, 5.74) is 1.02. The number of aromatic nitrogens is 2. The molecule has 4 nitrogen and oxygen atoms in total. The van der Waals surface area contributed by atoms with Gasteiger partial charge in [0, 0.05) is 6.04 Å². The summed E-state index contributed by atoms with van der Waals surface area (Å²) in [6, 6.07) is 0.175. The Morgan fingerprint density at radius 1 is 1.64 bits per heavy atom. The van der Waals surface area contributed by atoms with Crippen LogP contribution in [0.3, 0.4) is 0 Å². The minimum Gasteiger partial charge on any atom is -0.476 e. The molecule has 0 unspecified atom stereocenters. The monoisotopic (exact) mass is 260 g/mol. The van der Waals surface area contributed by atoms with Crippen LogP contribution in [0.1, 0.15) is 43.0 Å². The van der Waals surface area contributed by atoms with Crippen molar-refractivity contribution >= 4 is 21.9 Å². The number of hydrogen-bond acceptors (Lipinski definition) is 2. The van der Waals surface area contributed by atoms with E-state index in [-0.39, 0.29) is 11.7 Å². The van der Waals surface area contributed by atoms with E-state index in [1.165, 1.54) is 0 Å². The maximum atomic E-state index is 10.8. The predicted molar refractivity (Wildman–Crippen MR) is 56.6 cm³/mol. The number of rotatable bonds is 3. The zero-order valence-electron chi connectivity index (χ0n) is 8.41. The Kier molecular flexibility index (Phi) is 3.31. The SMILES string of the molecule is CCc1c(Br)c(C(=O)O)nn1C(C)C. The molecule has 0 aromatic carbocycles. The quantitative estimate of drug-likeness (QED) is 0.909. The zero-order chi connectivity index (χ0) is 10.9. The molecule has 0 bridgehead atoms. The number of carboxylic acid groups (broad SMARTS) is 1. The van der Waals surface area contributed by atoms with E-state index in [1.54, 1.807) is 4.68 Å². The highest BCUT2D eigenvalue weighted by Crippen LogP contribution is 2.24. The third-order valence-electron chi connectivity index (χ3n) is 1.97. The lowest BCUT2D eigenvalue weighted by atomic mass is 10.3. The number of aromatic carboxylic acids is 1. The molecule has 0 aliphatic rings. The average molecular weight is 261 g/mol. The smallest absolute Gasteiger partial charge is 0.357 e. The first-order valence-electron chi connectivity index (χ1n) is 4.49. The van der Waals surface area contributed by atoms with Crippen LogP contribution in [0.15, 0.2) is 4.47 Å². The number of nitrogens with zero attached hydrogens (tertiary/aromatic N) is 2. The second-order valence-electron chi connectivity index (χ2n) is 3.31. The second kappa shape index (κ2) is 4.13. The van der Waals surface area contributed by atoms with Gasteiger partial charge in [0.1, 0.15) is 0 Å². The van der Waals surface area contributed by atoms with E-state index in [0.29, 0.717) is 4.47 Å². The van der Waals surface area contributed by atoms with Crippen molar-refractivity contribution in [3.8, 4) is 0 Å². The van der Waals surface area contributed by atoms with Gasteiger partial charge in [0.25, 0.3) is 0 Å². The zero-order valence-corrected chi connectivity index (χ0v) is 10.00. The Balaban J connectivity index is 3.31. The molecule has 78 valence electrons. The first kappa shape index (κ1) is 11.2. The molecule has 0 spiro atoms. The molecule has 1 N–H and O–H groups in total. The minimum atomic E-state index is -0.994. The summed E-state index contributed by atoms with van der Waals surface area (Å²) >= 11 is 3.27. The van der Waals surface area contributed by atoms with E-state index in [4.69, 9.17) is 5.11 Å². The normalized spacial score (nSPS) is 10.9. The molecule has 1 heterocycles. The Morgan fingerprint density at radius 2 is 2.21 bits per heavy atom. The Morgan fingerprint density at radius 3 is 2.50 bits per heavy atom. The lowest BCUT2D eigenvalue weighted by Gasteiger charge is -2.08. The van der Waals surface area contributed by atoms with Crippen LogP contribution in [0.2, 0.25) is 0 Å². The predicted octanol–water partition coefficient (Wildman–Crippen LogP) is 2.49. The molecule has 0 amide bonds. The van der Waals surface area contributed by atoms with Crippen molar-refractivity contribution in [2.75, 3.05) is 0 Å². The first-order valence-corrected chi connectivity index (χ1v) is 5.28. The maximum Gasteiger partial charge on any atom is 0.357 e. The molecule has 0 atom stereocenters. The highest BCUT2D eigenvalue weighted by atomic mass is 79.9. The molecule has 14 heavy (non-hydrogen) atoms. The summed E-state index contributed by atoms with van der Waals surface area (Å²) < 4.78 is 2.34. The molecule has 1 aromatic rings. The Hall–Kier alpha value is -0.840. The summed E-state index contributed by atoms with van der Waals surface area (Å²) in [6.07, 6.45) is 0.763. The fraction of sp³-hybridized carbons (Fsp3) is 0.556. The van der Waals surface area contributed by atoms with Crippen molar-refractivity contribution in [1.82, 2.24) is 9.78 Å². The van der Waals surface area contributed by atoms with Gasteiger partial charge in [-0.15, -0.1) is 0 Å². The molecule has 0 aliphatic heterocycles. The summed E-state index contributed by atoms with van der Waals surface area (Å²) in [4.78, 5) is 10.8. The van der Waals surface area contributed by atoms with Crippen LogP contribution in [0.25, 0.3) is 0 Å². The van der Waals surface area contributed by atoms with Gasteiger partial charge in [-0.3, -0.25) is 4.68 Å². The number of hydrogen-bond donors (Lipinski definition) is 1. The molecular weight excluding hydrogens is 248 g/mol. The largest absolute Gasteiger partial charge is 0.476 e. The van der Waals surface area contributed by atoms with Gasteiger partial charge in [0.2, 0.25) is 0 Å². The van der Waals surface area contributed by atoms with E-state index in [9.17, 15) is 4.79 Å². The van der Waals surface area contributed by atoms with E-state index in [0.717, 1.165) is 12.1 Å². The van der Waals surface area contributed by atoms with E-state index < -0.39 is 5.97 Å². The first-order chi connectivity index (χ1) is 6.49. The number of halogens is 1. The highest BCUT2D eigenvalue weighted by molar-refractivity contribution is 9.10. The third kappa shape index (κ3) is 1.82. The lowest BCUT2D eigenvalue weighted by molar-refractivity contribution is 0.0688. The van der Waals surface area contributed by atoms with Crippen molar-refractivity contribution in [2.45, 2.75) is 33.2 Å². The topological polar surface area (TPSA) is 55.1 Å². The molecular formula is C9H13BrN2O2. The molecule has 5 heteroatoms. The third-order valence-corrected chi connectivity index (χ3v) is 2.81. The summed E-state index contributed by atoms with van der Waals surface area (Å²) in [5, 5.41) is 12.9. The van der Waals surface area contributed by atoms with Gasteiger partial charge in [0.15, 0.2) is 5.69 Å². The van der Waals surface area contributed by atoms with Gasteiger partial charge >= 0.3 is 5.97 Å². The maximum absolute atomic E-state index is 10.8. The van der Waals surface area contributed by atoms with Crippen LogP contribution >= 0.6 is 15.9 Å². The molecule has 0 aliphatic carbocycles. The van der Waals surface area contributed by atoms with Crippen LogP contribution in [-0.2, 0) is 6.42 Å². The fourth-order valence-corrected chi connectivity index (χ4v) is 2.04. The van der Waals surface area contributed by atoms with Crippen molar-refractivity contribution in [3.05, 3.63) is 15.9 Å². The van der Waals surface area contributed by atoms with Crippen LogP contribution in [0.5, 0.6) is 0 Å². The minimum absolute atomic E-state index is 0.0931. The van der Waals surface area contributed by atoms with Gasteiger partial charge in [-0.2, -0.15) is 5.10 Å². The standard InChI is InChI=1S/C9H13BrN2O2/c1-4-6-7(10)8(9(13)14)11-12(6)5(2)3/h5H,4H2,1-3H3,(H,13,14). The van der Waals surface area contributed by atoms with E-state index >= 15 is 0 Å². The van der Waals surface area contributed by atoms with E-state index in [1.807, 2.05) is 20.8 Å². The van der Waals surface area contributed by atoms with E-state index in [2.05, 4.69) is 21.0 Å². The number of carboxylic acids is 1. The van der Waals surface area contributed by atoms with Gasteiger partial charge in [0.05, 0.1) is 10.2 Å². The van der Waals surface area contributed by atoms with Crippen molar-refractivity contribution in [2.24, 2.45) is 0 Å². The van der Waals surface area contributed by atoms with Crippen LogP contribution in [0, 0.1) is 0 Å². The van der Waals surface area contributed by atoms with Crippen molar-refractivity contribution < 1.29 is 9.90 Å². The van der Waals surface area contributed by atoms with Crippen LogP contribution in [-0.4, -0.2) is 20.9 Å². The second-order valence-corrected chi connectivity index (χ2v) is 4.10. The molecule has 0 saturated carbocycles. The van der Waals surface area contributed by atoms with Gasteiger partial charge in [-0.1, -0.05) is 6.92 Å². The number of carbonyl (C=O) groups is 1. The summed E-state index contributed by atoms with van der Waals surface area (Å²) in [5.74, 6) is -0.994. The average Bonchev–Trinajstić information content (AvgIpc) is 2.42. The van der Waals surface area contributed by atoms with Gasteiger partial charge < -0.3 is 5.11 Å². The Labute approximate surface area is 91.1 Å². The summed E-state index contributed by atoms with van der Waals surface area (Å²) in [7, 11) is 0. The van der Waals surface area contributed by atoms with Crippen LogP contribution < -0.4 is 0 Å².